The first-order valence-electron chi connectivity index (χ1n) is 7.66. The fraction of sp³-hybridized carbons (Fsp3) is 0.562. The minimum Gasteiger partial charge on any atom is -0.497 e. The molecule has 1 rings (SSSR count). The van der Waals surface area contributed by atoms with Crippen molar-refractivity contribution in [2.75, 3.05) is 13.7 Å². The monoisotopic (exact) mass is 457 g/mol. The molecule has 1 aromatic carbocycles. The Bertz CT molecular complexity index is 516. The summed E-state index contributed by atoms with van der Waals surface area (Å²) < 4.78 is 34.7. The van der Waals surface area contributed by atoms with Crippen molar-refractivity contribution in [1.29, 1.82) is 0 Å². The predicted molar refractivity (Wildman–Crippen MR) is 103 cm³/mol. The Morgan fingerprint density at radius 3 is 2.54 bits per heavy atom. The highest BCUT2D eigenvalue weighted by atomic mass is 127. The van der Waals surface area contributed by atoms with Gasteiger partial charge in [0.2, 0.25) is 0 Å². The van der Waals surface area contributed by atoms with Gasteiger partial charge in [0, 0.05) is 24.2 Å². The molecular weight excluding hydrogens is 431 g/mol. The first kappa shape index (κ1) is 22.7. The predicted octanol–water partition coefficient (Wildman–Crippen LogP) is 3.77. The molecule has 5 nitrogen and oxygen atoms in total. The first-order valence-corrected chi connectivity index (χ1v) is 7.66. The average molecular weight is 457 g/mol. The molecule has 138 valence electrons. The van der Waals surface area contributed by atoms with E-state index in [2.05, 4.69) is 27.3 Å². The summed E-state index contributed by atoms with van der Waals surface area (Å²) in [6.45, 7) is 4.12. The number of benzene rings is 1. The van der Waals surface area contributed by atoms with Gasteiger partial charge in [-0.15, -0.1) is 24.0 Å². The molecule has 0 bridgehead atoms. The summed E-state index contributed by atoms with van der Waals surface area (Å²) >= 11 is 0. The zero-order valence-electron chi connectivity index (χ0n) is 14.4. The molecule has 0 aliphatic heterocycles. The molecule has 0 aromatic heterocycles. The molecule has 0 aliphatic carbocycles. The summed E-state index contributed by atoms with van der Waals surface area (Å²) in [5.74, 6) is 1.17. The molecule has 0 fully saturated rings. The van der Waals surface area contributed by atoms with E-state index in [1.54, 1.807) is 12.1 Å². The van der Waals surface area contributed by atoms with Crippen LogP contribution in [0.2, 0.25) is 0 Å². The first-order chi connectivity index (χ1) is 11.0. The summed E-state index contributed by atoms with van der Waals surface area (Å²) in [4.78, 5) is 4.42. The molecule has 0 spiro atoms. The Kier molecular flexibility index (Phi) is 11.4. The van der Waals surface area contributed by atoms with Gasteiger partial charge in [0.05, 0.1) is 13.7 Å². The van der Waals surface area contributed by atoms with Gasteiger partial charge in [0.15, 0.2) is 5.96 Å². The number of hydrogen-bond acceptors (Lipinski definition) is 3. The second-order valence-corrected chi connectivity index (χ2v) is 5.00. The Morgan fingerprint density at radius 2 is 2.00 bits per heavy atom. The highest BCUT2D eigenvalue weighted by Gasteiger charge is 2.11. The maximum Gasteiger partial charge on any atom is 0.387 e. The Labute approximate surface area is 159 Å². The van der Waals surface area contributed by atoms with Crippen LogP contribution in [0.25, 0.3) is 0 Å². The number of nitrogens with zero attached hydrogens (tertiary/aromatic N) is 1. The smallest absolute Gasteiger partial charge is 0.387 e. The summed E-state index contributed by atoms with van der Waals surface area (Å²) in [5, 5.41) is 6.37. The van der Waals surface area contributed by atoms with Gasteiger partial charge in [-0.2, -0.15) is 8.78 Å². The number of ether oxygens (including phenoxy) is 2. The van der Waals surface area contributed by atoms with E-state index in [0.29, 0.717) is 23.8 Å². The largest absolute Gasteiger partial charge is 0.497 e. The molecule has 0 saturated heterocycles. The highest BCUT2D eigenvalue weighted by molar-refractivity contribution is 14.0. The molecule has 24 heavy (non-hydrogen) atoms. The third kappa shape index (κ3) is 7.98. The lowest BCUT2D eigenvalue weighted by Gasteiger charge is -2.16. The Balaban J connectivity index is 0.00000529. The molecule has 0 radical (unpaired) electrons. The molecule has 1 aromatic rings. The van der Waals surface area contributed by atoms with Gasteiger partial charge in [-0.05, 0) is 32.4 Å². The van der Waals surface area contributed by atoms with E-state index < -0.39 is 6.61 Å². The van der Waals surface area contributed by atoms with Crippen LogP contribution >= 0.6 is 24.0 Å². The second kappa shape index (κ2) is 12.1. The zero-order valence-corrected chi connectivity index (χ0v) is 16.8. The van der Waals surface area contributed by atoms with Crippen LogP contribution in [0.5, 0.6) is 11.5 Å². The summed E-state index contributed by atoms with van der Waals surface area (Å²) in [7, 11) is 1.47. The number of aliphatic imine (C=N–C) groups is 1. The lowest BCUT2D eigenvalue weighted by atomic mass is 10.2. The van der Waals surface area contributed by atoms with Crippen molar-refractivity contribution in [1.82, 2.24) is 10.6 Å². The second-order valence-electron chi connectivity index (χ2n) is 5.00. The van der Waals surface area contributed by atoms with Gasteiger partial charge in [-0.25, -0.2) is 4.99 Å². The van der Waals surface area contributed by atoms with Crippen molar-refractivity contribution >= 4 is 29.9 Å². The Morgan fingerprint density at radius 1 is 1.29 bits per heavy atom. The van der Waals surface area contributed by atoms with E-state index in [0.717, 1.165) is 6.42 Å². The summed E-state index contributed by atoms with van der Waals surface area (Å²) in [6.07, 6.45) is 0.951. The molecule has 0 saturated carbocycles. The van der Waals surface area contributed by atoms with E-state index in [4.69, 9.17) is 4.74 Å². The van der Waals surface area contributed by atoms with E-state index in [1.807, 2.05) is 13.8 Å². The number of halogens is 3. The van der Waals surface area contributed by atoms with E-state index in [-0.39, 0.29) is 42.3 Å². The maximum absolute atomic E-state index is 12.6. The Hall–Kier alpha value is -1.32. The molecular formula is C16H26F2IN3O2. The standard InChI is InChI=1S/C16H25F2N3O2.HI/c1-5-11(3)21-16(19-6-2)20-10-12-7-8-13(22-4)9-14(12)23-15(17)18;/h7-9,11,15H,5-6,10H2,1-4H3,(H2,19,20,21);1H. The lowest BCUT2D eigenvalue weighted by molar-refractivity contribution is -0.0505. The zero-order chi connectivity index (χ0) is 17.2. The summed E-state index contributed by atoms with van der Waals surface area (Å²) in [5.41, 5.74) is 0.562. The van der Waals surface area contributed by atoms with Gasteiger partial charge >= 0.3 is 6.61 Å². The van der Waals surface area contributed by atoms with Crippen LogP contribution in [-0.4, -0.2) is 32.3 Å². The molecule has 0 aliphatic rings. The molecule has 0 heterocycles. The number of rotatable bonds is 8. The van der Waals surface area contributed by atoms with E-state index >= 15 is 0 Å². The van der Waals surface area contributed by atoms with Crippen molar-refractivity contribution in [2.45, 2.75) is 46.4 Å². The van der Waals surface area contributed by atoms with Gasteiger partial charge < -0.3 is 20.1 Å². The average Bonchev–Trinajstić information content (AvgIpc) is 2.52. The number of hydrogen-bond donors (Lipinski definition) is 2. The third-order valence-corrected chi connectivity index (χ3v) is 3.24. The van der Waals surface area contributed by atoms with Crippen molar-refractivity contribution in [2.24, 2.45) is 4.99 Å². The molecule has 1 atom stereocenters. The lowest BCUT2D eigenvalue weighted by Crippen LogP contribution is -2.41. The fourth-order valence-electron chi connectivity index (χ4n) is 1.82. The van der Waals surface area contributed by atoms with Crippen LogP contribution in [0.3, 0.4) is 0 Å². The molecule has 1 unspecified atom stereocenters. The fourth-order valence-corrected chi connectivity index (χ4v) is 1.82. The number of methoxy groups -OCH3 is 1. The van der Waals surface area contributed by atoms with E-state index in [9.17, 15) is 8.78 Å². The maximum atomic E-state index is 12.6. The van der Waals surface area contributed by atoms with Crippen LogP contribution in [0.15, 0.2) is 23.2 Å². The number of guanidine groups is 1. The minimum atomic E-state index is -2.89. The molecule has 2 N–H and O–H groups in total. The van der Waals surface area contributed by atoms with Crippen molar-refractivity contribution < 1.29 is 18.3 Å². The van der Waals surface area contributed by atoms with Gasteiger partial charge in [0.1, 0.15) is 11.5 Å². The normalized spacial score (nSPS) is 12.4. The third-order valence-electron chi connectivity index (χ3n) is 3.24. The van der Waals surface area contributed by atoms with Crippen LogP contribution < -0.4 is 20.1 Å². The highest BCUT2D eigenvalue weighted by Crippen LogP contribution is 2.27. The van der Waals surface area contributed by atoms with Crippen LogP contribution in [0, 0.1) is 0 Å². The van der Waals surface area contributed by atoms with Crippen LogP contribution in [0.4, 0.5) is 8.78 Å². The van der Waals surface area contributed by atoms with Gasteiger partial charge in [0.25, 0.3) is 0 Å². The number of alkyl halides is 2. The number of nitrogens with one attached hydrogen (secondary N) is 2. The van der Waals surface area contributed by atoms with E-state index in [1.165, 1.54) is 13.2 Å². The van der Waals surface area contributed by atoms with Crippen molar-refractivity contribution in [3.63, 3.8) is 0 Å². The van der Waals surface area contributed by atoms with Crippen molar-refractivity contribution in [3.8, 4) is 11.5 Å². The topological polar surface area (TPSA) is 54.9 Å². The van der Waals surface area contributed by atoms with Crippen LogP contribution in [0.1, 0.15) is 32.8 Å². The minimum absolute atomic E-state index is 0. The molecule has 8 heteroatoms. The molecule has 0 amide bonds. The summed E-state index contributed by atoms with van der Waals surface area (Å²) in [6, 6.07) is 5.07. The van der Waals surface area contributed by atoms with Crippen LogP contribution in [-0.2, 0) is 6.54 Å². The van der Waals surface area contributed by atoms with Crippen molar-refractivity contribution in [3.05, 3.63) is 23.8 Å². The van der Waals surface area contributed by atoms with Gasteiger partial charge in [-0.3, -0.25) is 0 Å². The van der Waals surface area contributed by atoms with Gasteiger partial charge in [-0.1, -0.05) is 6.92 Å². The SMILES string of the molecule is CCNC(=NCc1ccc(OC)cc1OC(F)F)NC(C)CC.I. The quantitative estimate of drug-likeness (QED) is 0.355.